The topological polar surface area (TPSA) is 95.9 Å². The van der Waals surface area contributed by atoms with Crippen molar-refractivity contribution in [1.82, 2.24) is 14.9 Å². The van der Waals surface area contributed by atoms with Crippen molar-refractivity contribution in [3.8, 4) is 11.3 Å². The van der Waals surface area contributed by atoms with Crippen LogP contribution in [0.15, 0.2) is 30.6 Å². The van der Waals surface area contributed by atoms with Gasteiger partial charge in [-0.2, -0.15) is 13.2 Å². The van der Waals surface area contributed by atoms with Crippen molar-refractivity contribution < 1.29 is 37.0 Å². The van der Waals surface area contributed by atoms with Gasteiger partial charge in [0, 0.05) is 25.2 Å². The number of rotatable bonds is 3. The van der Waals surface area contributed by atoms with Crippen LogP contribution < -0.4 is 4.90 Å². The van der Waals surface area contributed by atoms with Crippen molar-refractivity contribution >= 4 is 17.8 Å². The van der Waals surface area contributed by atoms with Crippen LogP contribution in [-0.4, -0.2) is 63.3 Å². The van der Waals surface area contributed by atoms with E-state index in [9.17, 15) is 32.3 Å². The number of likely N-dealkylation sites (N-methyl/N-ethyl adjacent to an activating group) is 1. The number of aliphatic hydroxyl groups is 1. The third-order valence-electron chi connectivity index (χ3n) is 5.14. The van der Waals surface area contributed by atoms with Crippen molar-refractivity contribution in [1.29, 1.82) is 0 Å². The van der Waals surface area contributed by atoms with E-state index < -0.39 is 47.3 Å². The third kappa shape index (κ3) is 5.44. The van der Waals surface area contributed by atoms with Crippen molar-refractivity contribution in [2.24, 2.45) is 0 Å². The summed E-state index contributed by atoms with van der Waals surface area (Å²) >= 11 is 0. The number of halogens is 4. The van der Waals surface area contributed by atoms with Crippen molar-refractivity contribution in [3.63, 3.8) is 0 Å². The minimum Gasteiger partial charge on any atom is -0.444 e. The Morgan fingerprint density at radius 2 is 1.85 bits per heavy atom. The lowest BCUT2D eigenvalue weighted by atomic mass is 10.1. The number of carbonyl (C=O) groups excluding carboxylic acids is 2. The fourth-order valence-electron chi connectivity index (χ4n) is 3.50. The molecular formula is C22H24F4N4O4. The molecule has 0 aliphatic carbocycles. The molecule has 2 aromatic rings. The number of carbonyl (C=O) groups is 2. The number of nitrogens with zero attached hydrogens (tertiary/aromatic N) is 4. The Morgan fingerprint density at radius 3 is 2.44 bits per heavy atom. The van der Waals surface area contributed by atoms with E-state index in [1.807, 2.05) is 0 Å². The first-order valence-corrected chi connectivity index (χ1v) is 10.3. The smallest absolute Gasteiger partial charge is 0.419 e. The molecule has 1 aromatic heterocycles. The van der Waals surface area contributed by atoms with Crippen LogP contribution in [0.4, 0.5) is 28.2 Å². The summed E-state index contributed by atoms with van der Waals surface area (Å²) in [6, 6.07) is 2.43. The lowest BCUT2D eigenvalue weighted by Gasteiger charge is -2.30. The molecule has 1 aliphatic heterocycles. The van der Waals surface area contributed by atoms with Gasteiger partial charge in [-0.25, -0.2) is 19.2 Å². The summed E-state index contributed by atoms with van der Waals surface area (Å²) in [5.41, 5.74) is -2.09. The molecule has 1 aromatic carbocycles. The molecule has 1 fully saturated rings. The van der Waals surface area contributed by atoms with Crippen LogP contribution in [0.3, 0.4) is 0 Å². The molecule has 1 saturated heterocycles. The van der Waals surface area contributed by atoms with E-state index in [2.05, 4.69) is 9.97 Å². The number of aromatic nitrogens is 2. The summed E-state index contributed by atoms with van der Waals surface area (Å²) in [5.74, 6) is -2.07. The zero-order valence-corrected chi connectivity index (χ0v) is 18.9. The highest BCUT2D eigenvalue weighted by Gasteiger charge is 2.44. The zero-order valence-electron chi connectivity index (χ0n) is 18.9. The minimum absolute atomic E-state index is 0.0403. The summed E-state index contributed by atoms with van der Waals surface area (Å²) < 4.78 is 57.8. The molecule has 1 aliphatic rings. The van der Waals surface area contributed by atoms with Crippen molar-refractivity contribution in [2.45, 2.75) is 51.1 Å². The molecule has 2 atom stereocenters. The average Bonchev–Trinajstić information content (AvgIpc) is 3.12. The highest BCUT2D eigenvalue weighted by atomic mass is 19.4. The first kappa shape index (κ1) is 25.3. The lowest BCUT2D eigenvalue weighted by Crippen LogP contribution is -2.52. The standard InChI is InChI=1S/C22H24F4N4O4/c1-21(2,3)34-20(33)30-8-7-16(31)18(30)19(32)29(4)17-10-15(27-11-28-17)12-5-6-13(14(23)9-12)22(24,25)26/h5-6,9-11,16,18,31H,7-8H2,1-4H3/t16-,18+/m1/s1. The van der Waals surface area contributed by atoms with Gasteiger partial charge >= 0.3 is 12.3 Å². The number of alkyl halides is 3. The van der Waals surface area contributed by atoms with Crippen LogP contribution in [-0.2, 0) is 15.7 Å². The summed E-state index contributed by atoms with van der Waals surface area (Å²) in [6.45, 7) is 5.13. The molecular weight excluding hydrogens is 460 g/mol. The number of hydrogen-bond acceptors (Lipinski definition) is 6. The molecule has 34 heavy (non-hydrogen) atoms. The minimum atomic E-state index is -4.84. The van der Waals surface area contributed by atoms with Gasteiger partial charge in [0.15, 0.2) is 0 Å². The number of ether oxygens (including phenoxy) is 1. The molecule has 3 rings (SSSR count). The molecule has 2 amide bonds. The quantitative estimate of drug-likeness (QED) is 0.669. The Kier molecular flexibility index (Phi) is 6.83. The van der Waals surface area contributed by atoms with E-state index in [0.29, 0.717) is 12.1 Å². The second-order valence-electron chi connectivity index (χ2n) is 8.83. The van der Waals surface area contributed by atoms with Gasteiger partial charge in [0.1, 0.15) is 29.6 Å². The third-order valence-corrected chi connectivity index (χ3v) is 5.14. The van der Waals surface area contributed by atoms with Gasteiger partial charge in [-0.15, -0.1) is 0 Å². The molecule has 0 bridgehead atoms. The van der Waals surface area contributed by atoms with E-state index in [-0.39, 0.29) is 30.0 Å². The summed E-state index contributed by atoms with van der Waals surface area (Å²) in [4.78, 5) is 35.9. The predicted molar refractivity (Wildman–Crippen MR) is 113 cm³/mol. The fraction of sp³-hybridized carbons (Fsp3) is 0.455. The molecule has 8 nitrogen and oxygen atoms in total. The molecule has 12 heteroatoms. The monoisotopic (exact) mass is 484 g/mol. The maximum Gasteiger partial charge on any atom is 0.419 e. The largest absolute Gasteiger partial charge is 0.444 e. The first-order chi connectivity index (χ1) is 15.7. The van der Waals surface area contributed by atoms with Crippen LogP contribution in [0, 0.1) is 5.82 Å². The van der Waals surface area contributed by atoms with Gasteiger partial charge in [-0.05, 0) is 39.3 Å². The second kappa shape index (κ2) is 9.16. The van der Waals surface area contributed by atoms with Gasteiger partial charge in [-0.3, -0.25) is 14.6 Å². The molecule has 2 heterocycles. The number of aliphatic hydroxyl groups excluding tert-OH is 1. The SMILES string of the molecule is CN(C(=O)[C@@H]1[C@H](O)CCN1C(=O)OC(C)(C)C)c1cc(-c2ccc(C(F)(F)F)c(F)c2)ncn1. The first-order valence-electron chi connectivity index (χ1n) is 10.3. The molecule has 1 N–H and O–H groups in total. The molecule has 0 saturated carbocycles. The molecule has 0 spiro atoms. The Labute approximate surface area is 193 Å². The Morgan fingerprint density at radius 1 is 1.18 bits per heavy atom. The van der Waals surface area contributed by atoms with Crippen LogP contribution in [0.1, 0.15) is 32.8 Å². The number of likely N-dealkylation sites (tertiary alicyclic amines) is 1. The van der Waals surface area contributed by atoms with E-state index in [4.69, 9.17) is 4.74 Å². The lowest BCUT2D eigenvalue weighted by molar-refractivity contribution is -0.140. The molecule has 0 unspecified atom stereocenters. The maximum absolute atomic E-state index is 14.0. The predicted octanol–water partition coefficient (Wildman–Crippen LogP) is 3.63. The number of hydrogen-bond donors (Lipinski definition) is 1. The van der Waals surface area contributed by atoms with Crippen LogP contribution >= 0.6 is 0 Å². The van der Waals surface area contributed by atoms with Crippen LogP contribution in [0.5, 0.6) is 0 Å². The van der Waals surface area contributed by atoms with Crippen LogP contribution in [0.2, 0.25) is 0 Å². The van der Waals surface area contributed by atoms with Crippen LogP contribution in [0.25, 0.3) is 11.3 Å². The number of amides is 2. The zero-order chi connectivity index (χ0) is 25.4. The molecule has 0 radical (unpaired) electrons. The van der Waals surface area contributed by atoms with Gasteiger partial charge < -0.3 is 9.84 Å². The number of benzene rings is 1. The van der Waals surface area contributed by atoms with Gasteiger partial charge in [0.25, 0.3) is 5.91 Å². The molecule has 184 valence electrons. The fourth-order valence-corrected chi connectivity index (χ4v) is 3.50. The Balaban J connectivity index is 1.85. The second-order valence-corrected chi connectivity index (χ2v) is 8.83. The summed E-state index contributed by atoms with van der Waals surface area (Å²) in [6.07, 6.45) is -5.48. The average molecular weight is 484 g/mol. The normalized spacial score (nSPS) is 18.7. The van der Waals surface area contributed by atoms with E-state index in [1.165, 1.54) is 13.1 Å². The van der Waals surface area contributed by atoms with Gasteiger partial charge in [0.05, 0.1) is 17.4 Å². The van der Waals surface area contributed by atoms with E-state index in [0.717, 1.165) is 22.2 Å². The Hall–Kier alpha value is -3.28. The Bertz CT molecular complexity index is 1090. The van der Waals surface area contributed by atoms with Gasteiger partial charge in [0.2, 0.25) is 0 Å². The highest BCUT2D eigenvalue weighted by molar-refractivity contribution is 5.98. The highest BCUT2D eigenvalue weighted by Crippen LogP contribution is 2.33. The number of anilines is 1. The van der Waals surface area contributed by atoms with Crippen molar-refractivity contribution in [3.05, 3.63) is 42.0 Å². The van der Waals surface area contributed by atoms with Crippen molar-refractivity contribution in [2.75, 3.05) is 18.5 Å². The van der Waals surface area contributed by atoms with Gasteiger partial charge in [-0.1, -0.05) is 6.07 Å². The summed E-state index contributed by atoms with van der Waals surface area (Å²) in [7, 11) is 1.36. The van der Waals surface area contributed by atoms with E-state index in [1.54, 1.807) is 20.8 Å². The van der Waals surface area contributed by atoms with E-state index >= 15 is 0 Å². The maximum atomic E-state index is 14.0. The summed E-state index contributed by atoms with van der Waals surface area (Å²) in [5, 5.41) is 10.4.